The number of para-hydroxylation sites is 2. The van der Waals surface area contributed by atoms with Crippen LogP contribution in [0.15, 0.2) is 48.5 Å². The fourth-order valence-corrected chi connectivity index (χ4v) is 2.59. The molecule has 25 heavy (non-hydrogen) atoms. The molecule has 0 aliphatic carbocycles. The van der Waals surface area contributed by atoms with Gasteiger partial charge in [0.2, 0.25) is 5.91 Å². The van der Waals surface area contributed by atoms with Gasteiger partial charge in [0.05, 0.1) is 12.7 Å². The van der Waals surface area contributed by atoms with Gasteiger partial charge in [-0.05, 0) is 37.1 Å². The Morgan fingerprint density at radius 1 is 1.08 bits per heavy atom. The van der Waals surface area contributed by atoms with E-state index in [1.165, 1.54) is 7.11 Å². The maximum Gasteiger partial charge on any atom is 0.258 e. The minimum absolute atomic E-state index is 0.000936. The third-order valence-electron chi connectivity index (χ3n) is 3.87. The molecule has 1 N–H and O–H groups in total. The first-order chi connectivity index (χ1) is 12.1. The minimum atomic E-state index is -0.217. The van der Waals surface area contributed by atoms with Crippen LogP contribution in [0.2, 0.25) is 0 Å². The van der Waals surface area contributed by atoms with E-state index in [1.54, 1.807) is 23.1 Å². The summed E-state index contributed by atoms with van der Waals surface area (Å²) in [6.07, 6.45) is 0.762. The van der Waals surface area contributed by atoms with Crippen molar-refractivity contribution in [1.82, 2.24) is 4.90 Å². The molecule has 5 nitrogen and oxygen atoms in total. The van der Waals surface area contributed by atoms with Crippen LogP contribution in [-0.4, -0.2) is 36.9 Å². The monoisotopic (exact) mass is 340 g/mol. The van der Waals surface area contributed by atoms with Crippen molar-refractivity contribution >= 4 is 17.5 Å². The third-order valence-corrected chi connectivity index (χ3v) is 3.87. The van der Waals surface area contributed by atoms with E-state index < -0.39 is 0 Å². The van der Waals surface area contributed by atoms with Crippen LogP contribution in [0.25, 0.3) is 0 Å². The standard InChI is InChI=1S/C20H24N2O3/c1-4-13-22(20(24)16-10-6-8-12-18(16)25-3)14-19(23)21-17-11-7-5-9-15(17)2/h5-12H,4,13-14H2,1-3H3,(H,21,23). The molecule has 0 fully saturated rings. The van der Waals surface area contributed by atoms with E-state index in [4.69, 9.17) is 4.74 Å². The third kappa shape index (κ3) is 4.83. The second kappa shape index (κ2) is 8.87. The number of nitrogens with zero attached hydrogens (tertiary/aromatic N) is 1. The summed E-state index contributed by atoms with van der Waals surface area (Å²) in [6, 6.07) is 14.6. The van der Waals surface area contributed by atoms with Crippen molar-refractivity contribution in [1.29, 1.82) is 0 Å². The topological polar surface area (TPSA) is 58.6 Å². The summed E-state index contributed by atoms with van der Waals surface area (Å²) in [5.41, 5.74) is 2.20. The SMILES string of the molecule is CCCN(CC(=O)Nc1ccccc1C)C(=O)c1ccccc1OC. The summed E-state index contributed by atoms with van der Waals surface area (Å²) in [5.74, 6) is 0.0816. The average Bonchev–Trinajstić information content (AvgIpc) is 2.62. The number of carbonyl (C=O) groups is 2. The Balaban J connectivity index is 2.13. The van der Waals surface area contributed by atoms with Crippen LogP contribution in [0.1, 0.15) is 29.3 Å². The highest BCUT2D eigenvalue weighted by Gasteiger charge is 2.21. The van der Waals surface area contributed by atoms with Crippen LogP contribution < -0.4 is 10.1 Å². The zero-order valence-corrected chi connectivity index (χ0v) is 14.9. The molecule has 2 aromatic carbocycles. The van der Waals surface area contributed by atoms with Crippen molar-refractivity contribution in [2.45, 2.75) is 20.3 Å². The van der Waals surface area contributed by atoms with Gasteiger partial charge in [-0.3, -0.25) is 9.59 Å². The Morgan fingerprint density at radius 3 is 2.44 bits per heavy atom. The summed E-state index contributed by atoms with van der Waals surface area (Å²) in [7, 11) is 1.53. The number of hydrogen-bond donors (Lipinski definition) is 1. The number of methoxy groups -OCH3 is 1. The van der Waals surface area contributed by atoms with E-state index >= 15 is 0 Å². The first kappa shape index (κ1) is 18.5. The molecule has 0 aliphatic heterocycles. The number of aryl methyl sites for hydroxylation is 1. The Hall–Kier alpha value is -2.82. The summed E-state index contributed by atoms with van der Waals surface area (Å²) in [4.78, 5) is 26.8. The molecule has 132 valence electrons. The van der Waals surface area contributed by atoms with E-state index in [0.29, 0.717) is 17.9 Å². The second-order valence-corrected chi connectivity index (χ2v) is 5.79. The molecule has 0 saturated heterocycles. The van der Waals surface area contributed by atoms with E-state index in [2.05, 4.69) is 5.32 Å². The van der Waals surface area contributed by atoms with Crippen LogP contribution in [0.3, 0.4) is 0 Å². The lowest BCUT2D eigenvalue weighted by molar-refractivity contribution is -0.116. The molecule has 0 radical (unpaired) electrons. The summed E-state index contributed by atoms with van der Waals surface area (Å²) in [6.45, 7) is 4.40. The van der Waals surface area contributed by atoms with Gasteiger partial charge in [0.1, 0.15) is 12.3 Å². The highest BCUT2D eigenvalue weighted by Crippen LogP contribution is 2.20. The summed E-state index contributed by atoms with van der Waals surface area (Å²) in [5, 5.41) is 2.87. The molecule has 0 spiro atoms. The number of anilines is 1. The minimum Gasteiger partial charge on any atom is -0.496 e. The van der Waals surface area contributed by atoms with Gasteiger partial charge in [0.25, 0.3) is 5.91 Å². The molecule has 0 aliphatic rings. The predicted molar refractivity (Wildman–Crippen MR) is 99.0 cm³/mol. The van der Waals surface area contributed by atoms with Crippen LogP contribution in [0, 0.1) is 6.92 Å². The van der Waals surface area contributed by atoms with Crippen molar-refractivity contribution < 1.29 is 14.3 Å². The number of nitrogens with one attached hydrogen (secondary N) is 1. The second-order valence-electron chi connectivity index (χ2n) is 5.79. The highest BCUT2D eigenvalue weighted by atomic mass is 16.5. The van der Waals surface area contributed by atoms with Gasteiger partial charge in [-0.25, -0.2) is 0 Å². The van der Waals surface area contributed by atoms with Crippen LogP contribution in [-0.2, 0) is 4.79 Å². The lowest BCUT2D eigenvalue weighted by atomic mass is 10.1. The van der Waals surface area contributed by atoms with Gasteiger partial charge in [-0.1, -0.05) is 37.3 Å². The number of amides is 2. The lowest BCUT2D eigenvalue weighted by Crippen LogP contribution is -2.38. The fourth-order valence-electron chi connectivity index (χ4n) is 2.59. The zero-order chi connectivity index (χ0) is 18.2. The average molecular weight is 340 g/mol. The molecule has 2 aromatic rings. The van der Waals surface area contributed by atoms with Crippen molar-refractivity contribution in [3.05, 3.63) is 59.7 Å². The molecule has 0 bridgehead atoms. The maximum atomic E-state index is 12.8. The molecule has 0 aromatic heterocycles. The fraction of sp³-hybridized carbons (Fsp3) is 0.300. The first-order valence-electron chi connectivity index (χ1n) is 8.34. The molecule has 5 heteroatoms. The Kier molecular flexibility index (Phi) is 6.57. The largest absolute Gasteiger partial charge is 0.496 e. The van der Waals surface area contributed by atoms with Crippen LogP contribution >= 0.6 is 0 Å². The predicted octanol–water partition coefficient (Wildman–Crippen LogP) is 3.49. The molecule has 0 heterocycles. The number of hydrogen-bond acceptors (Lipinski definition) is 3. The van der Waals surface area contributed by atoms with E-state index in [0.717, 1.165) is 17.7 Å². The number of benzene rings is 2. The molecule has 0 atom stereocenters. The quantitative estimate of drug-likeness (QED) is 0.839. The van der Waals surface area contributed by atoms with Crippen molar-refractivity contribution in [3.8, 4) is 5.75 Å². The smallest absolute Gasteiger partial charge is 0.258 e. The van der Waals surface area contributed by atoms with Gasteiger partial charge in [-0.15, -0.1) is 0 Å². The van der Waals surface area contributed by atoms with E-state index in [-0.39, 0.29) is 18.4 Å². The molecular weight excluding hydrogens is 316 g/mol. The molecular formula is C20H24N2O3. The van der Waals surface area contributed by atoms with Crippen molar-refractivity contribution in [3.63, 3.8) is 0 Å². The first-order valence-corrected chi connectivity index (χ1v) is 8.34. The molecule has 2 rings (SSSR count). The Bertz CT molecular complexity index is 743. The summed E-state index contributed by atoms with van der Waals surface area (Å²) >= 11 is 0. The molecule has 0 saturated carbocycles. The number of ether oxygens (including phenoxy) is 1. The van der Waals surface area contributed by atoms with Gasteiger partial charge < -0.3 is 15.0 Å². The number of rotatable bonds is 7. The van der Waals surface area contributed by atoms with E-state index in [9.17, 15) is 9.59 Å². The Morgan fingerprint density at radius 2 is 1.76 bits per heavy atom. The van der Waals surface area contributed by atoms with Gasteiger partial charge in [0, 0.05) is 12.2 Å². The maximum absolute atomic E-state index is 12.8. The van der Waals surface area contributed by atoms with Crippen molar-refractivity contribution in [2.75, 3.05) is 25.5 Å². The lowest BCUT2D eigenvalue weighted by Gasteiger charge is -2.22. The van der Waals surface area contributed by atoms with Crippen LogP contribution in [0.5, 0.6) is 5.75 Å². The normalized spacial score (nSPS) is 10.2. The summed E-state index contributed by atoms with van der Waals surface area (Å²) < 4.78 is 5.26. The van der Waals surface area contributed by atoms with E-state index in [1.807, 2.05) is 44.2 Å². The molecule has 0 unspecified atom stereocenters. The zero-order valence-electron chi connectivity index (χ0n) is 14.9. The highest BCUT2D eigenvalue weighted by molar-refractivity contribution is 6.01. The Labute approximate surface area is 148 Å². The van der Waals surface area contributed by atoms with Crippen LogP contribution in [0.4, 0.5) is 5.69 Å². The van der Waals surface area contributed by atoms with Gasteiger partial charge >= 0.3 is 0 Å². The van der Waals surface area contributed by atoms with Gasteiger partial charge in [0.15, 0.2) is 0 Å². The van der Waals surface area contributed by atoms with Crippen molar-refractivity contribution in [2.24, 2.45) is 0 Å². The molecule has 2 amide bonds. The number of carbonyl (C=O) groups excluding carboxylic acids is 2. The van der Waals surface area contributed by atoms with Gasteiger partial charge in [-0.2, -0.15) is 0 Å².